The summed E-state index contributed by atoms with van der Waals surface area (Å²) in [5, 5.41) is 15.3. The highest BCUT2D eigenvalue weighted by atomic mass is 16.7. The largest absolute Gasteiger partial charge is 0.397 e. The van der Waals surface area contributed by atoms with E-state index in [2.05, 4.69) is 22.1 Å². The van der Waals surface area contributed by atoms with Crippen molar-refractivity contribution in [2.45, 2.75) is 95.4 Å². The van der Waals surface area contributed by atoms with E-state index >= 15 is 0 Å². The Balaban J connectivity index is 1.13. The number of nitrogens with one attached hydrogen (secondary N) is 2. The number of aliphatic hydroxyl groups is 1. The lowest BCUT2D eigenvalue weighted by Crippen LogP contribution is -2.43. The lowest BCUT2D eigenvalue weighted by Gasteiger charge is -2.39. The average Bonchev–Trinajstić information content (AvgIpc) is 3.65. The molecule has 3 aromatic carbocycles. The second-order valence-corrected chi connectivity index (χ2v) is 12.9. The van der Waals surface area contributed by atoms with E-state index in [0.29, 0.717) is 48.8 Å². The quantitative estimate of drug-likeness (QED) is 0.0727. The van der Waals surface area contributed by atoms with Crippen LogP contribution in [0.3, 0.4) is 0 Å². The fourth-order valence-corrected chi connectivity index (χ4v) is 6.62. The van der Waals surface area contributed by atoms with Crippen molar-refractivity contribution in [3.8, 4) is 0 Å². The van der Waals surface area contributed by atoms with Gasteiger partial charge in [-0.1, -0.05) is 73.9 Å². The van der Waals surface area contributed by atoms with Crippen LogP contribution in [-0.4, -0.2) is 47.1 Å². The molecule has 2 amide bonds. The summed E-state index contributed by atoms with van der Waals surface area (Å²) in [5.41, 5.74) is 10.6. The van der Waals surface area contributed by atoms with Gasteiger partial charge in [0.1, 0.15) is 0 Å². The number of rotatable bonds is 16. The van der Waals surface area contributed by atoms with Crippen LogP contribution in [0.2, 0.25) is 0 Å². The highest BCUT2D eigenvalue weighted by Gasteiger charge is 2.34. The number of benzene rings is 3. The van der Waals surface area contributed by atoms with Crippen LogP contribution in [0.5, 0.6) is 0 Å². The van der Waals surface area contributed by atoms with E-state index in [1.165, 1.54) is 25.7 Å². The maximum Gasteiger partial charge on any atom is 0.224 e. The fourth-order valence-electron chi connectivity index (χ4n) is 6.62. The molecule has 0 spiro atoms. The minimum absolute atomic E-state index is 0.00509. The Hall–Kier alpha value is -4.02. The minimum atomic E-state index is -0.555. The number of hydrogen-bond acceptors (Lipinski definition) is 7. The number of carbonyl (C=O) groups is 2. The summed E-state index contributed by atoms with van der Waals surface area (Å²) in [6.45, 7) is 5.65. The summed E-state index contributed by atoms with van der Waals surface area (Å²) in [7, 11) is 0. The number of ether oxygens (including phenoxy) is 2. The van der Waals surface area contributed by atoms with Crippen molar-refractivity contribution in [1.29, 1.82) is 0 Å². The summed E-state index contributed by atoms with van der Waals surface area (Å²) < 4.78 is 13.1. The van der Waals surface area contributed by atoms with Crippen LogP contribution in [0.1, 0.15) is 93.3 Å². The highest BCUT2D eigenvalue weighted by molar-refractivity contribution is 5.93. The Bertz CT molecular complexity index is 1470. The van der Waals surface area contributed by atoms with Gasteiger partial charge < -0.3 is 30.9 Å². The molecule has 1 saturated heterocycles. The molecule has 3 unspecified atom stereocenters. The van der Waals surface area contributed by atoms with Crippen molar-refractivity contribution in [2.24, 2.45) is 0 Å². The molecule has 1 aliphatic heterocycles. The monoisotopic (exact) mass is 654 g/mol. The Labute approximate surface area is 284 Å². The Kier molecular flexibility index (Phi) is 13.2. The summed E-state index contributed by atoms with van der Waals surface area (Å²) in [5.74, 6) is -0.140. The highest BCUT2D eigenvalue weighted by Crippen LogP contribution is 2.39. The van der Waals surface area contributed by atoms with Crippen molar-refractivity contribution in [1.82, 2.24) is 4.90 Å². The van der Waals surface area contributed by atoms with E-state index in [9.17, 15) is 14.7 Å². The predicted molar refractivity (Wildman–Crippen MR) is 190 cm³/mol. The first-order valence-corrected chi connectivity index (χ1v) is 17.3. The molecule has 5 rings (SSSR count). The Morgan fingerprint density at radius 2 is 1.54 bits per heavy atom. The average molecular weight is 655 g/mol. The van der Waals surface area contributed by atoms with Crippen molar-refractivity contribution in [2.75, 3.05) is 29.5 Å². The van der Waals surface area contributed by atoms with E-state index in [0.717, 1.165) is 42.6 Å². The standard InChI is InChI=1S/C39H50N4O5/c1-2-24-43(32-10-6-7-11-32)26-33-25-36(29-18-16-28(27-44)17-19-29)48-39(47-33)30-20-22-31(23-21-30)41-37(45)14-4-3-5-15-38(46)42-35-13-9-8-12-34(35)40/h2,8-9,12-13,16-23,32-33,36,39,44H,1,3-7,10-11,14-15,24-27,40H2,(H,41,45)(H,42,46). The van der Waals surface area contributed by atoms with Crippen molar-refractivity contribution in [3.05, 3.63) is 102 Å². The van der Waals surface area contributed by atoms with Crippen LogP contribution in [0.25, 0.3) is 0 Å². The van der Waals surface area contributed by atoms with Gasteiger partial charge in [-0.05, 0) is 61.1 Å². The van der Waals surface area contributed by atoms with E-state index in [-0.39, 0.29) is 30.6 Å². The van der Waals surface area contributed by atoms with Crippen LogP contribution < -0.4 is 16.4 Å². The molecule has 2 aliphatic rings. The van der Waals surface area contributed by atoms with Crippen LogP contribution in [0, 0.1) is 0 Å². The topological polar surface area (TPSA) is 126 Å². The lowest BCUT2D eigenvalue weighted by atomic mass is 9.99. The van der Waals surface area contributed by atoms with Gasteiger partial charge >= 0.3 is 0 Å². The molecular formula is C39H50N4O5. The number of unbranched alkanes of at least 4 members (excludes halogenated alkanes) is 2. The predicted octanol–water partition coefficient (Wildman–Crippen LogP) is 7.26. The first kappa shape index (κ1) is 35.3. The van der Waals surface area contributed by atoms with Gasteiger partial charge in [0, 0.05) is 49.6 Å². The van der Waals surface area contributed by atoms with Crippen LogP contribution >= 0.6 is 0 Å². The summed E-state index contributed by atoms with van der Waals surface area (Å²) >= 11 is 0. The fraction of sp³-hybridized carbons (Fsp3) is 0.436. The van der Waals surface area contributed by atoms with Crippen molar-refractivity contribution in [3.63, 3.8) is 0 Å². The number of carbonyl (C=O) groups excluding carboxylic acids is 2. The van der Waals surface area contributed by atoms with Gasteiger partial charge in [0.15, 0.2) is 6.29 Å². The number of hydrogen-bond donors (Lipinski definition) is 4. The van der Waals surface area contributed by atoms with Crippen molar-refractivity contribution >= 4 is 28.9 Å². The summed E-state index contributed by atoms with van der Waals surface area (Å²) in [6.07, 6.45) is 9.85. The maximum atomic E-state index is 12.6. The third-order valence-electron chi connectivity index (χ3n) is 9.27. The van der Waals surface area contributed by atoms with Crippen LogP contribution in [0.15, 0.2) is 85.5 Å². The van der Waals surface area contributed by atoms with E-state index in [1.54, 1.807) is 12.1 Å². The first-order chi connectivity index (χ1) is 23.4. The molecule has 3 aromatic rings. The van der Waals surface area contributed by atoms with Crippen LogP contribution in [0.4, 0.5) is 17.1 Å². The molecule has 2 fully saturated rings. The molecule has 1 saturated carbocycles. The minimum Gasteiger partial charge on any atom is -0.397 e. The van der Waals surface area contributed by atoms with E-state index in [1.807, 2.05) is 66.7 Å². The summed E-state index contributed by atoms with van der Waals surface area (Å²) in [4.78, 5) is 27.4. The first-order valence-electron chi connectivity index (χ1n) is 17.3. The number of nitrogen functional groups attached to an aromatic ring is 1. The van der Waals surface area contributed by atoms with E-state index in [4.69, 9.17) is 15.2 Å². The number of para-hydroxylation sites is 2. The molecule has 0 bridgehead atoms. The van der Waals surface area contributed by atoms with Crippen molar-refractivity contribution < 1.29 is 24.2 Å². The molecule has 256 valence electrons. The normalized spacial score (nSPS) is 19.7. The molecule has 3 atom stereocenters. The third kappa shape index (κ3) is 10.2. The molecule has 48 heavy (non-hydrogen) atoms. The van der Waals surface area contributed by atoms with E-state index < -0.39 is 6.29 Å². The molecule has 0 radical (unpaired) electrons. The number of anilines is 3. The zero-order chi connectivity index (χ0) is 33.7. The number of amides is 2. The smallest absolute Gasteiger partial charge is 0.224 e. The van der Waals surface area contributed by atoms with Gasteiger partial charge in [-0.3, -0.25) is 14.5 Å². The molecular weight excluding hydrogens is 604 g/mol. The van der Waals surface area contributed by atoms with Gasteiger partial charge in [0.25, 0.3) is 0 Å². The number of aliphatic hydroxyl groups excluding tert-OH is 1. The number of nitrogens with two attached hydrogens (primary N) is 1. The second kappa shape index (κ2) is 17.9. The molecule has 1 heterocycles. The molecule has 1 aliphatic carbocycles. The van der Waals surface area contributed by atoms with Gasteiger partial charge in [-0.2, -0.15) is 0 Å². The SMILES string of the molecule is C=CCN(CC1CC(c2ccc(CO)cc2)OC(c2ccc(NC(=O)CCCCCC(=O)Nc3ccccc3N)cc2)O1)C1CCCC1. The second-order valence-electron chi connectivity index (χ2n) is 12.9. The maximum absolute atomic E-state index is 12.6. The van der Waals surface area contributed by atoms with Gasteiger partial charge in [-0.25, -0.2) is 0 Å². The molecule has 0 aromatic heterocycles. The molecule has 9 nitrogen and oxygen atoms in total. The number of nitrogens with zero attached hydrogens (tertiary/aromatic N) is 1. The Morgan fingerprint density at radius 3 is 2.21 bits per heavy atom. The molecule has 5 N–H and O–H groups in total. The molecule has 9 heteroatoms. The summed E-state index contributed by atoms with van der Waals surface area (Å²) in [6, 6.07) is 23.4. The van der Waals surface area contributed by atoms with Gasteiger partial charge in [0.05, 0.1) is 30.2 Å². The third-order valence-corrected chi connectivity index (χ3v) is 9.27. The van der Waals surface area contributed by atoms with Crippen LogP contribution in [-0.2, 0) is 25.7 Å². The zero-order valence-corrected chi connectivity index (χ0v) is 27.8. The lowest BCUT2D eigenvalue weighted by molar-refractivity contribution is -0.253. The Morgan fingerprint density at radius 1 is 0.875 bits per heavy atom. The van der Waals surface area contributed by atoms with Gasteiger partial charge in [0.2, 0.25) is 11.8 Å². The van der Waals surface area contributed by atoms with Gasteiger partial charge in [-0.15, -0.1) is 6.58 Å². The zero-order valence-electron chi connectivity index (χ0n) is 27.8.